The summed E-state index contributed by atoms with van der Waals surface area (Å²) < 4.78 is 5.28. The van der Waals surface area contributed by atoms with Crippen molar-refractivity contribution in [2.75, 3.05) is 0 Å². The second-order valence-corrected chi connectivity index (χ2v) is 4.89. The molecule has 0 unspecified atom stereocenters. The molecule has 1 saturated heterocycles. The number of barbiturate groups is 1. The highest BCUT2D eigenvalue weighted by atomic mass is 35.5. The van der Waals surface area contributed by atoms with Crippen LogP contribution in [0.25, 0.3) is 17.0 Å². The molecule has 8 heteroatoms. The third kappa shape index (κ3) is 2.38. The number of hydrogen-bond acceptors (Lipinski definition) is 5. The summed E-state index contributed by atoms with van der Waals surface area (Å²) in [5.74, 6) is -1.78. The van der Waals surface area contributed by atoms with Crippen molar-refractivity contribution in [2.24, 2.45) is 0 Å². The SMILES string of the molecule is O=C1NC(=O)C(=Cc2coc3ccc(Cl)cc3c2=O)C(=O)N1. The second kappa shape index (κ2) is 5.12. The maximum absolute atomic E-state index is 12.3. The quantitative estimate of drug-likeness (QED) is 0.607. The zero-order valence-corrected chi connectivity index (χ0v) is 11.6. The zero-order chi connectivity index (χ0) is 15.9. The molecule has 1 fully saturated rings. The van der Waals surface area contributed by atoms with Gasteiger partial charge in [-0.2, -0.15) is 0 Å². The lowest BCUT2D eigenvalue weighted by molar-refractivity contribution is -0.123. The number of urea groups is 1. The van der Waals surface area contributed by atoms with E-state index < -0.39 is 23.3 Å². The highest BCUT2D eigenvalue weighted by Gasteiger charge is 2.28. The van der Waals surface area contributed by atoms with Crippen LogP contribution in [-0.4, -0.2) is 17.8 Å². The molecule has 3 rings (SSSR count). The van der Waals surface area contributed by atoms with Gasteiger partial charge in [-0.3, -0.25) is 25.0 Å². The molecule has 4 amide bonds. The molecule has 0 aliphatic carbocycles. The number of fused-ring (bicyclic) bond motifs is 1. The maximum Gasteiger partial charge on any atom is 0.328 e. The van der Waals surface area contributed by atoms with E-state index in [2.05, 4.69) is 0 Å². The van der Waals surface area contributed by atoms with E-state index in [1.165, 1.54) is 12.1 Å². The predicted octanol–water partition coefficient (Wildman–Crippen LogP) is 1.20. The lowest BCUT2D eigenvalue weighted by atomic mass is 10.1. The van der Waals surface area contributed by atoms with Crippen LogP contribution in [0.1, 0.15) is 5.56 Å². The molecule has 1 aliphatic heterocycles. The van der Waals surface area contributed by atoms with Crippen LogP contribution in [0.5, 0.6) is 0 Å². The normalized spacial score (nSPS) is 14.8. The molecular formula is C14H7ClN2O5. The standard InChI is InChI=1S/C14H7ClN2O5/c15-7-1-2-10-8(4-7)11(18)6(5-22-10)3-9-12(19)16-14(21)17-13(9)20/h1-5H,(H2,16,17,19,20,21). The predicted molar refractivity (Wildman–Crippen MR) is 77.2 cm³/mol. The van der Waals surface area contributed by atoms with Crippen molar-refractivity contribution in [3.8, 4) is 0 Å². The van der Waals surface area contributed by atoms with E-state index in [1.54, 1.807) is 6.07 Å². The largest absolute Gasteiger partial charge is 0.463 e. The fourth-order valence-electron chi connectivity index (χ4n) is 1.98. The minimum atomic E-state index is -0.913. The number of imide groups is 2. The van der Waals surface area contributed by atoms with E-state index in [-0.39, 0.29) is 16.5 Å². The summed E-state index contributed by atoms with van der Waals surface area (Å²) in [6, 6.07) is 3.62. The first-order valence-electron chi connectivity index (χ1n) is 6.05. The molecule has 0 saturated carbocycles. The van der Waals surface area contributed by atoms with Crippen LogP contribution in [-0.2, 0) is 9.59 Å². The lowest BCUT2D eigenvalue weighted by Gasteiger charge is -2.13. The summed E-state index contributed by atoms with van der Waals surface area (Å²) in [6.45, 7) is 0. The van der Waals surface area contributed by atoms with Crippen molar-refractivity contribution in [2.45, 2.75) is 0 Å². The fourth-order valence-corrected chi connectivity index (χ4v) is 2.15. The Morgan fingerprint density at radius 3 is 2.41 bits per heavy atom. The Bertz CT molecular complexity index is 906. The molecule has 2 heterocycles. The molecule has 0 spiro atoms. The molecule has 1 aromatic carbocycles. The Morgan fingerprint density at radius 1 is 1.05 bits per heavy atom. The topological polar surface area (TPSA) is 105 Å². The van der Waals surface area contributed by atoms with E-state index in [0.29, 0.717) is 10.6 Å². The molecule has 7 nitrogen and oxygen atoms in total. The molecule has 2 N–H and O–H groups in total. The van der Waals surface area contributed by atoms with E-state index in [9.17, 15) is 19.2 Å². The molecular weight excluding hydrogens is 312 g/mol. The Labute approximate surface area is 127 Å². The van der Waals surface area contributed by atoms with Gasteiger partial charge in [0.1, 0.15) is 17.4 Å². The average Bonchev–Trinajstić information content (AvgIpc) is 2.45. The molecule has 22 heavy (non-hydrogen) atoms. The Morgan fingerprint density at radius 2 is 1.73 bits per heavy atom. The van der Waals surface area contributed by atoms with Gasteiger partial charge in [0.05, 0.1) is 10.9 Å². The van der Waals surface area contributed by atoms with Crippen molar-refractivity contribution >= 4 is 46.5 Å². The third-order valence-corrected chi connectivity index (χ3v) is 3.24. The van der Waals surface area contributed by atoms with Crippen LogP contribution in [0.2, 0.25) is 5.02 Å². The lowest BCUT2D eigenvalue weighted by Crippen LogP contribution is -2.51. The van der Waals surface area contributed by atoms with Gasteiger partial charge < -0.3 is 4.42 Å². The monoisotopic (exact) mass is 318 g/mol. The summed E-state index contributed by atoms with van der Waals surface area (Å²) in [5.41, 5.74) is -0.504. The summed E-state index contributed by atoms with van der Waals surface area (Å²) >= 11 is 5.84. The Balaban J connectivity index is 2.15. The van der Waals surface area contributed by atoms with E-state index in [1.807, 2.05) is 10.6 Å². The minimum absolute atomic E-state index is 0.00980. The number of hydrogen-bond donors (Lipinski definition) is 2. The van der Waals surface area contributed by atoms with Gasteiger partial charge in [-0.1, -0.05) is 11.6 Å². The molecule has 1 aromatic heterocycles. The number of rotatable bonds is 1. The fraction of sp³-hybridized carbons (Fsp3) is 0. The first-order chi connectivity index (χ1) is 10.5. The van der Waals surface area contributed by atoms with Gasteiger partial charge >= 0.3 is 6.03 Å². The smallest absolute Gasteiger partial charge is 0.328 e. The molecule has 0 radical (unpaired) electrons. The first kappa shape index (κ1) is 14.0. The maximum atomic E-state index is 12.3. The summed E-state index contributed by atoms with van der Waals surface area (Å²) in [5, 5.41) is 4.40. The highest BCUT2D eigenvalue weighted by molar-refractivity contribution is 6.31. The van der Waals surface area contributed by atoms with Crippen LogP contribution in [0.4, 0.5) is 4.79 Å². The summed E-state index contributed by atoms with van der Waals surface area (Å²) in [6.07, 6.45) is 2.19. The van der Waals surface area contributed by atoms with Crippen LogP contribution >= 0.6 is 11.6 Å². The number of nitrogens with one attached hydrogen (secondary N) is 2. The van der Waals surface area contributed by atoms with Crippen LogP contribution in [0.15, 0.2) is 39.2 Å². The first-order valence-corrected chi connectivity index (χ1v) is 6.43. The average molecular weight is 319 g/mol. The van der Waals surface area contributed by atoms with Crippen molar-refractivity contribution in [3.63, 3.8) is 0 Å². The van der Waals surface area contributed by atoms with Gasteiger partial charge in [0.15, 0.2) is 5.43 Å². The van der Waals surface area contributed by atoms with Gasteiger partial charge in [0.25, 0.3) is 11.8 Å². The van der Waals surface area contributed by atoms with Gasteiger partial charge in [-0.25, -0.2) is 4.79 Å². The zero-order valence-electron chi connectivity index (χ0n) is 10.8. The number of carbonyl (C=O) groups excluding carboxylic acids is 3. The molecule has 0 atom stereocenters. The van der Waals surface area contributed by atoms with Crippen molar-refractivity contribution < 1.29 is 18.8 Å². The van der Waals surface area contributed by atoms with Gasteiger partial charge in [-0.05, 0) is 24.3 Å². The van der Waals surface area contributed by atoms with Crippen LogP contribution in [0.3, 0.4) is 0 Å². The number of benzene rings is 1. The Hall–Kier alpha value is -2.93. The van der Waals surface area contributed by atoms with E-state index in [4.69, 9.17) is 16.0 Å². The number of carbonyl (C=O) groups is 3. The molecule has 0 bridgehead atoms. The van der Waals surface area contributed by atoms with Crippen LogP contribution in [0, 0.1) is 0 Å². The van der Waals surface area contributed by atoms with E-state index >= 15 is 0 Å². The summed E-state index contributed by atoms with van der Waals surface area (Å²) in [7, 11) is 0. The Kier molecular flexibility index (Phi) is 3.26. The molecule has 2 aromatic rings. The van der Waals surface area contributed by atoms with E-state index in [0.717, 1.165) is 12.3 Å². The molecule has 1 aliphatic rings. The van der Waals surface area contributed by atoms with Gasteiger partial charge in [0.2, 0.25) is 0 Å². The van der Waals surface area contributed by atoms with Crippen LogP contribution < -0.4 is 16.1 Å². The number of halogens is 1. The highest BCUT2D eigenvalue weighted by Crippen LogP contribution is 2.18. The summed E-state index contributed by atoms with van der Waals surface area (Å²) in [4.78, 5) is 46.6. The van der Waals surface area contributed by atoms with Gasteiger partial charge in [-0.15, -0.1) is 0 Å². The van der Waals surface area contributed by atoms with Gasteiger partial charge in [0, 0.05) is 5.02 Å². The van der Waals surface area contributed by atoms with Crippen molar-refractivity contribution in [3.05, 3.63) is 50.8 Å². The molecule has 110 valence electrons. The second-order valence-electron chi connectivity index (χ2n) is 4.46. The third-order valence-electron chi connectivity index (χ3n) is 3.00. The van der Waals surface area contributed by atoms with Crippen molar-refractivity contribution in [1.29, 1.82) is 0 Å². The minimum Gasteiger partial charge on any atom is -0.463 e. The van der Waals surface area contributed by atoms with Crippen molar-refractivity contribution in [1.82, 2.24) is 10.6 Å². The number of amides is 4.